The Bertz CT molecular complexity index is 726. The van der Waals surface area contributed by atoms with Gasteiger partial charge < -0.3 is 4.74 Å². The van der Waals surface area contributed by atoms with Gasteiger partial charge in [-0.05, 0) is 24.3 Å². The van der Waals surface area contributed by atoms with Gasteiger partial charge in [-0.25, -0.2) is 0 Å². The summed E-state index contributed by atoms with van der Waals surface area (Å²) >= 11 is 11.6. The molecule has 100 valence electrons. The van der Waals surface area contributed by atoms with Gasteiger partial charge >= 0.3 is 0 Å². The SMILES string of the molecule is N#Cc1ccc(Oc2ccc(Cl)c(Cl)c2)cc1[N+](=O)[O-]. The monoisotopic (exact) mass is 308 g/mol. The van der Waals surface area contributed by atoms with E-state index in [-0.39, 0.29) is 17.0 Å². The van der Waals surface area contributed by atoms with Crippen molar-refractivity contribution in [3.63, 3.8) is 0 Å². The van der Waals surface area contributed by atoms with Crippen LogP contribution in [0.1, 0.15) is 5.56 Å². The number of hydrogen-bond donors (Lipinski definition) is 0. The number of halogens is 2. The molecule has 0 aromatic heterocycles. The van der Waals surface area contributed by atoms with E-state index in [2.05, 4.69) is 0 Å². The van der Waals surface area contributed by atoms with Crippen molar-refractivity contribution in [2.24, 2.45) is 0 Å². The summed E-state index contributed by atoms with van der Waals surface area (Å²) in [5, 5.41) is 20.3. The molecule has 2 aromatic rings. The zero-order chi connectivity index (χ0) is 14.7. The molecule has 20 heavy (non-hydrogen) atoms. The molecule has 0 saturated heterocycles. The van der Waals surface area contributed by atoms with Gasteiger partial charge in [0.25, 0.3) is 5.69 Å². The highest BCUT2D eigenvalue weighted by Gasteiger charge is 2.15. The number of benzene rings is 2. The average molecular weight is 309 g/mol. The average Bonchev–Trinajstić information content (AvgIpc) is 2.43. The maximum absolute atomic E-state index is 10.8. The van der Waals surface area contributed by atoms with Crippen LogP contribution in [0.4, 0.5) is 5.69 Å². The predicted molar refractivity (Wildman–Crippen MR) is 74.3 cm³/mol. The van der Waals surface area contributed by atoms with Gasteiger partial charge in [0.1, 0.15) is 23.1 Å². The normalized spacial score (nSPS) is 9.85. The van der Waals surface area contributed by atoms with Crippen LogP contribution >= 0.6 is 23.2 Å². The predicted octanol–water partition coefficient (Wildman–Crippen LogP) is 4.57. The second kappa shape index (κ2) is 5.78. The molecule has 0 spiro atoms. The van der Waals surface area contributed by atoms with E-state index >= 15 is 0 Å². The molecule has 0 fully saturated rings. The third kappa shape index (κ3) is 2.99. The van der Waals surface area contributed by atoms with Crippen LogP contribution in [-0.2, 0) is 0 Å². The molecular weight excluding hydrogens is 303 g/mol. The summed E-state index contributed by atoms with van der Waals surface area (Å²) < 4.78 is 5.45. The van der Waals surface area contributed by atoms with E-state index in [1.54, 1.807) is 18.2 Å². The second-order valence-corrected chi connectivity index (χ2v) is 4.54. The Labute approximate surface area is 124 Å². The van der Waals surface area contributed by atoms with Crippen molar-refractivity contribution in [1.29, 1.82) is 5.26 Å². The number of nitro benzene ring substituents is 1. The molecule has 0 heterocycles. The number of hydrogen-bond acceptors (Lipinski definition) is 4. The van der Waals surface area contributed by atoms with Crippen LogP contribution in [0.3, 0.4) is 0 Å². The Morgan fingerprint density at radius 2 is 1.75 bits per heavy atom. The first-order valence-corrected chi connectivity index (χ1v) is 6.08. The molecule has 0 aliphatic heterocycles. The fourth-order valence-corrected chi connectivity index (χ4v) is 1.79. The minimum Gasteiger partial charge on any atom is -0.457 e. The minimum absolute atomic E-state index is 0.0310. The summed E-state index contributed by atoms with van der Waals surface area (Å²) in [7, 11) is 0. The Morgan fingerprint density at radius 1 is 1.10 bits per heavy atom. The zero-order valence-corrected chi connectivity index (χ0v) is 11.4. The maximum Gasteiger partial charge on any atom is 0.290 e. The van der Waals surface area contributed by atoms with Gasteiger partial charge in [-0.2, -0.15) is 5.26 Å². The molecule has 0 aliphatic rings. The first-order chi connectivity index (χ1) is 9.51. The Balaban J connectivity index is 2.34. The van der Waals surface area contributed by atoms with Gasteiger partial charge in [-0.1, -0.05) is 23.2 Å². The molecule has 0 radical (unpaired) electrons. The van der Waals surface area contributed by atoms with Crippen molar-refractivity contribution in [2.75, 3.05) is 0 Å². The van der Waals surface area contributed by atoms with E-state index in [0.29, 0.717) is 15.8 Å². The van der Waals surface area contributed by atoms with Crippen molar-refractivity contribution in [1.82, 2.24) is 0 Å². The third-order valence-corrected chi connectivity index (χ3v) is 3.15. The van der Waals surface area contributed by atoms with Crippen LogP contribution in [-0.4, -0.2) is 4.92 Å². The molecule has 0 amide bonds. The van der Waals surface area contributed by atoms with Crippen LogP contribution in [0.2, 0.25) is 10.0 Å². The summed E-state index contributed by atoms with van der Waals surface area (Å²) in [4.78, 5) is 10.2. The van der Waals surface area contributed by atoms with E-state index < -0.39 is 4.92 Å². The van der Waals surface area contributed by atoms with E-state index in [1.165, 1.54) is 24.3 Å². The van der Waals surface area contributed by atoms with Gasteiger partial charge in [-0.15, -0.1) is 0 Å². The molecule has 0 atom stereocenters. The van der Waals surface area contributed by atoms with Gasteiger partial charge in [-0.3, -0.25) is 10.1 Å². The van der Waals surface area contributed by atoms with Crippen LogP contribution < -0.4 is 4.74 Å². The molecule has 7 heteroatoms. The molecule has 2 rings (SSSR count). The van der Waals surface area contributed by atoms with E-state index in [4.69, 9.17) is 33.2 Å². The highest BCUT2D eigenvalue weighted by atomic mass is 35.5. The van der Waals surface area contributed by atoms with E-state index in [9.17, 15) is 10.1 Å². The Hall–Kier alpha value is -2.29. The molecular formula is C13H6Cl2N2O3. The summed E-state index contributed by atoms with van der Waals surface area (Å²) in [5.74, 6) is 0.618. The quantitative estimate of drug-likeness (QED) is 0.615. The van der Waals surface area contributed by atoms with Gasteiger partial charge in [0.15, 0.2) is 0 Å². The number of nitriles is 1. The molecule has 5 nitrogen and oxygen atoms in total. The largest absolute Gasteiger partial charge is 0.457 e. The van der Waals surface area contributed by atoms with Gasteiger partial charge in [0.2, 0.25) is 0 Å². The highest BCUT2D eigenvalue weighted by Crippen LogP contribution is 2.31. The molecule has 0 N–H and O–H groups in total. The first-order valence-electron chi connectivity index (χ1n) is 5.32. The third-order valence-electron chi connectivity index (χ3n) is 2.41. The van der Waals surface area contributed by atoms with Crippen LogP contribution in [0.15, 0.2) is 36.4 Å². The van der Waals surface area contributed by atoms with Crippen molar-refractivity contribution in [3.05, 3.63) is 62.1 Å². The minimum atomic E-state index is -0.639. The number of ether oxygens (including phenoxy) is 1. The Morgan fingerprint density at radius 3 is 2.35 bits per heavy atom. The smallest absolute Gasteiger partial charge is 0.290 e. The van der Waals surface area contributed by atoms with Crippen molar-refractivity contribution in [3.8, 4) is 17.6 Å². The number of nitrogens with zero attached hydrogens (tertiary/aromatic N) is 2. The zero-order valence-electron chi connectivity index (χ0n) is 9.84. The number of rotatable bonds is 3. The molecule has 0 aliphatic carbocycles. The first kappa shape index (κ1) is 14.1. The summed E-state index contributed by atoms with van der Waals surface area (Å²) in [5.41, 5.74) is -0.346. The fourth-order valence-electron chi connectivity index (χ4n) is 1.50. The molecule has 2 aromatic carbocycles. The van der Waals surface area contributed by atoms with Crippen molar-refractivity contribution < 1.29 is 9.66 Å². The van der Waals surface area contributed by atoms with Crippen LogP contribution in [0.5, 0.6) is 11.5 Å². The van der Waals surface area contributed by atoms with Gasteiger partial charge in [0, 0.05) is 6.07 Å². The molecule has 0 saturated carbocycles. The lowest BCUT2D eigenvalue weighted by Crippen LogP contribution is -1.93. The Kier molecular flexibility index (Phi) is 4.08. The summed E-state index contributed by atoms with van der Waals surface area (Å²) in [6, 6.07) is 10.3. The van der Waals surface area contributed by atoms with E-state index in [1.807, 2.05) is 0 Å². The van der Waals surface area contributed by atoms with Crippen LogP contribution in [0.25, 0.3) is 0 Å². The lowest BCUT2D eigenvalue weighted by molar-refractivity contribution is -0.385. The molecule has 0 bridgehead atoms. The maximum atomic E-state index is 10.8. The van der Waals surface area contributed by atoms with Crippen LogP contribution in [0, 0.1) is 21.4 Å². The summed E-state index contributed by atoms with van der Waals surface area (Å²) in [6.45, 7) is 0. The lowest BCUT2D eigenvalue weighted by atomic mass is 10.2. The van der Waals surface area contributed by atoms with Gasteiger partial charge in [0.05, 0.1) is 21.0 Å². The number of nitro groups is 1. The van der Waals surface area contributed by atoms with Crippen molar-refractivity contribution >= 4 is 28.9 Å². The standard InChI is InChI=1S/C13H6Cl2N2O3/c14-11-4-3-9(5-12(11)15)20-10-2-1-8(7-16)13(6-10)17(18)19/h1-6H. The summed E-state index contributed by atoms with van der Waals surface area (Å²) in [6.07, 6.45) is 0. The van der Waals surface area contributed by atoms with E-state index in [0.717, 1.165) is 0 Å². The lowest BCUT2D eigenvalue weighted by Gasteiger charge is -2.07. The second-order valence-electron chi connectivity index (χ2n) is 3.73. The highest BCUT2D eigenvalue weighted by molar-refractivity contribution is 6.42. The molecule has 0 unspecified atom stereocenters. The van der Waals surface area contributed by atoms with Crippen molar-refractivity contribution in [2.45, 2.75) is 0 Å². The topological polar surface area (TPSA) is 76.2 Å². The fraction of sp³-hybridized carbons (Fsp3) is 0.